The predicted molar refractivity (Wildman–Crippen MR) is 66.1 cm³/mol. The van der Waals surface area contributed by atoms with Gasteiger partial charge < -0.3 is 0 Å². The van der Waals surface area contributed by atoms with Gasteiger partial charge in [0.25, 0.3) is 10.0 Å². The Kier molecular flexibility index (Phi) is 3.69. The Balaban J connectivity index is 2.55. The second-order valence-electron chi connectivity index (χ2n) is 4.01. The summed E-state index contributed by atoms with van der Waals surface area (Å²) in [5.74, 6) is 0. The summed E-state index contributed by atoms with van der Waals surface area (Å²) in [5.41, 5.74) is 0.233. The number of hydrogen-bond acceptors (Lipinski definition) is 3. The third-order valence-electron chi connectivity index (χ3n) is 2.50. The summed E-state index contributed by atoms with van der Waals surface area (Å²) in [6.45, 7) is -1.61. The first-order chi connectivity index (χ1) is 9.13. The second-order valence-corrected chi connectivity index (χ2v) is 6.33. The molecule has 10 heteroatoms. The number of pyridine rings is 1. The summed E-state index contributed by atoms with van der Waals surface area (Å²) in [6.07, 6.45) is -3.28. The topological polar surface area (TPSA) is 54.7 Å². The number of hydrogen-bond donors (Lipinski definition) is 0. The van der Waals surface area contributed by atoms with Crippen molar-refractivity contribution >= 4 is 27.3 Å². The highest BCUT2D eigenvalue weighted by molar-refractivity contribution is 7.89. The Bertz CT molecular complexity index is 742. The van der Waals surface area contributed by atoms with Crippen LogP contribution < -0.4 is 0 Å². The smallest absolute Gasteiger partial charge is 0.288 e. The molecule has 0 bridgehead atoms. The molecule has 0 aliphatic rings. The normalized spacial score (nSPS) is 13.3. The van der Waals surface area contributed by atoms with E-state index in [0.717, 1.165) is 11.4 Å². The van der Waals surface area contributed by atoms with E-state index in [1.165, 1.54) is 18.3 Å². The SMILES string of the molecule is CN(CC(F)(F)F)S(=O)(=O)c1c(Cl)nc2ccccn12. The van der Waals surface area contributed by atoms with E-state index in [1.807, 2.05) is 0 Å². The Morgan fingerprint density at radius 3 is 2.65 bits per heavy atom. The van der Waals surface area contributed by atoms with Gasteiger partial charge in [0.2, 0.25) is 0 Å². The first kappa shape index (κ1) is 15.1. The molecule has 0 amide bonds. The van der Waals surface area contributed by atoms with Crippen molar-refractivity contribution in [2.45, 2.75) is 11.2 Å². The minimum Gasteiger partial charge on any atom is -0.288 e. The van der Waals surface area contributed by atoms with Crippen LogP contribution in [0.15, 0.2) is 29.4 Å². The van der Waals surface area contributed by atoms with Gasteiger partial charge in [0, 0.05) is 13.2 Å². The number of nitrogens with zero attached hydrogens (tertiary/aromatic N) is 3. The molecule has 5 nitrogen and oxygen atoms in total. The molecule has 0 aliphatic heterocycles. The molecule has 2 aromatic rings. The molecule has 0 saturated heterocycles. The van der Waals surface area contributed by atoms with Crippen LogP contribution in [0.2, 0.25) is 5.15 Å². The number of alkyl halides is 3. The van der Waals surface area contributed by atoms with Crippen LogP contribution in [0, 0.1) is 0 Å². The highest BCUT2D eigenvalue weighted by Crippen LogP contribution is 2.27. The van der Waals surface area contributed by atoms with Crippen LogP contribution in [0.1, 0.15) is 0 Å². The standard InChI is InChI=1S/C10H9ClF3N3O2S/c1-16(6-10(12,13)14)20(18,19)9-8(11)15-7-4-2-3-5-17(7)9/h2-5H,6H2,1H3. The van der Waals surface area contributed by atoms with E-state index < -0.39 is 27.8 Å². The molecule has 2 aromatic heterocycles. The third-order valence-corrected chi connectivity index (χ3v) is 4.71. The Hall–Kier alpha value is -1.32. The van der Waals surface area contributed by atoms with Crippen LogP contribution in [0.25, 0.3) is 5.65 Å². The second kappa shape index (κ2) is 4.90. The quantitative estimate of drug-likeness (QED) is 0.868. The van der Waals surface area contributed by atoms with Gasteiger partial charge in [0.15, 0.2) is 10.2 Å². The third kappa shape index (κ3) is 2.74. The highest BCUT2D eigenvalue weighted by Gasteiger charge is 2.37. The van der Waals surface area contributed by atoms with E-state index in [0.29, 0.717) is 0 Å². The number of fused-ring (bicyclic) bond motifs is 1. The Labute approximate surface area is 117 Å². The lowest BCUT2D eigenvalue weighted by molar-refractivity contribution is -0.134. The Morgan fingerprint density at radius 1 is 1.40 bits per heavy atom. The molecule has 0 aliphatic carbocycles. The van der Waals surface area contributed by atoms with Gasteiger partial charge in [-0.1, -0.05) is 17.7 Å². The number of sulfonamides is 1. The van der Waals surface area contributed by atoms with Crippen LogP contribution in [-0.2, 0) is 10.0 Å². The van der Waals surface area contributed by atoms with E-state index in [-0.39, 0.29) is 15.1 Å². The van der Waals surface area contributed by atoms with Gasteiger partial charge in [-0.05, 0) is 12.1 Å². The average molecular weight is 328 g/mol. The number of halogens is 4. The van der Waals surface area contributed by atoms with Crippen molar-refractivity contribution in [3.63, 3.8) is 0 Å². The van der Waals surface area contributed by atoms with Crippen LogP contribution in [0.5, 0.6) is 0 Å². The van der Waals surface area contributed by atoms with Gasteiger partial charge in [-0.2, -0.15) is 17.5 Å². The van der Waals surface area contributed by atoms with E-state index in [1.54, 1.807) is 6.07 Å². The number of imidazole rings is 1. The van der Waals surface area contributed by atoms with Crippen molar-refractivity contribution < 1.29 is 21.6 Å². The highest BCUT2D eigenvalue weighted by atomic mass is 35.5. The maximum absolute atomic E-state index is 12.3. The molecule has 0 fully saturated rings. The van der Waals surface area contributed by atoms with Crippen molar-refractivity contribution in [1.29, 1.82) is 0 Å². The van der Waals surface area contributed by atoms with Crippen LogP contribution in [0.3, 0.4) is 0 Å². The molecule has 0 atom stereocenters. The lowest BCUT2D eigenvalue weighted by Gasteiger charge is -2.18. The molecular formula is C10H9ClF3N3O2S. The fraction of sp³-hybridized carbons (Fsp3) is 0.300. The van der Waals surface area contributed by atoms with Gasteiger partial charge in [0.05, 0.1) is 0 Å². The molecule has 0 saturated carbocycles. The van der Waals surface area contributed by atoms with Crippen LogP contribution in [-0.4, -0.2) is 41.9 Å². The van der Waals surface area contributed by atoms with Gasteiger partial charge in [-0.25, -0.2) is 13.4 Å². The lowest BCUT2D eigenvalue weighted by atomic mass is 10.5. The maximum Gasteiger partial charge on any atom is 0.402 e. The monoisotopic (exact) mass is 327 g/mol. The summed E-state index contributed by atoms with van der Waals surface area (Å²) in [7, 11) is -3.57. The molecular weight excluding hydrogens is 319 g/mol. The number of aromatic nitrogens is 2. The average Bonchev–Trinajstić information content (AvgIpc) is 2.62. The molecule has 0 aromatic carbocycles. The van der Waals surface area contributed by atoms with E-state index >= 15 is 0 Å². The van der Waals surface area contributed by atoms with E-state index in [2.05, 4.69) is 4.98 Å². The minimum atomic E-state index is -4.64. The van der Waals surface area contributed by atoms with Crippen molar-refractivity contribution in [2.24, 2.45) is 0 Å². The van der Waals surface area contributed by atoms with Crippen molar-refractivity contribution in [2.75, 3.05) is 13.6 Å². The lowest BCUT2D eigenvalue weighted by Crippen LogP contribution is -2.36. The van der Waals surface area contributed by atoms with Gasteiger partial charge in [0.1, 0.15) is 12.2 Å². The molecule has 20 heavy (non-hydrogen) atoms. The molecule has 0 radical (unpaired) electrons. The van der Waals surface area contributed by atoms with Crippen LogP contribution >= 0.6 is 11.6 Å². The van der Waals surface area contributed by atoms with Gasteiger partial charge in [-0.3, -0.25) is 4.40 Å². The molecule has 2 heterocycles. The molecule has 110 valence electrons. The fourth-order valence-electron chi connectivity index (χ4n) is 1.66. The zero-order chi connectivity index (χ0) is 15.1. The molecule has 0 N–H and O–H groups in total. The largest absolute Gasteiger partial charge is 0.402 e. The summed E-state index contributed by atoms with van der Waals surface area (Å²) in [5, 5.41) is -0.855. The first-order valence-electron chi connectivity index (χ1n) is 5.28. The van der Waals surface area contributed by atoms with Gasteiger partial charge >= 0.3 is 6.18 Å². The summed E-state index contributed by atoms with van der Waals surface area (Å²) < 4.78 is 62.7. The summed E-state index contributed by atoms with van der Waals surface area (Å²) in [4.78, 5) is 3.80. The van der Waals surface area contributed by atoms with Gasteiger partial charge in [-0.15, -0.1) is 0 Å². The predicted octanol–water partition coefficient (Wildman–Crippen LogP) is 2.17. The van der Waals surface area contributed by atoms with Crippen molar-refractivity contribution in [1.82, 2.24) is 13.7 Å². The van der Waals surface area contributed by atoms with Crippen molar-refractivity contribution in [3.8, 4) is 0 Å². The van der Waals surface area contributed by atoms with E-state index in [9.17, 15) is 21.6 Å². The molecule has 0 spiro atoms. The number of rotatable bonds is 3. The summed E-state index contributed by atoms with van der Waals surface area (Å²) >= 11 is 5.75. The van der Waals surface area contributed by atoms with Crippen molar-refractivity contribution in [3.05, 3.63) is 29.5 Å². The zero-order valence-electron chi connectivity index (χ0n) is 10.1. The van der Waals surface area contributed by atoms with E-state index in [4.69, 9.17) is 11.6 Å². The molecule has 0 unspecified atom stereocenters. The zero-order valence-corrected chi connectivity index (χ0v) is 11.7. The molecule has 2 rings (SSSR count). The summed E-state index contributed by atoms with van der Waals surface area (Å²) in [6, 6.07) is 4.62. The minimum absolute atomic E-state index is 0.190. The first-order valence-corrected chi connectivity index (χ1v) is 7.10. The maximum atomic E-state index is 12.3. The van der Waals surface area contributed by atoms with Crippen LogP contribution in [0.4, 0.5) is 13.2 Å². The fourth-order valence-corrected chi connectivity index (χ4v) is 3.40. The Morgan fingerprint density at radius 2 is 2.05 bits per heavy atom.